The maximum Gasteiger partial charge on any atom is 0.326 e. The van der Waals surface area contributed by atoms with Crippen LogP contribution in [0.15, 0.2) is 0 Å². The molecule has 12 heteroatoms. The third-order valence-electron chi connectivity index (χ3n) is 5.39. The highest BCUT2D eigenvalue weighted by molar-refractivity contribution is 5.94. The van der Waals surface area contributed by atoms with Gasteiger partial charge in [0.2, 0.25) is 23.6 Å². The van der Waals surface area contributed by atoms with E-state index in [1.54, 1.807) is 0 Å². The fourth-order valence-electron chi connectivity index (χ4n) is 3.81. The number of likely N-dealkylation sites (tertiary alicyclic amines) is 2. The van der Waals surface area contributed by atoms with Gasteiger partial charge in [-0.3, -0.25) is 19.2 Å². The van der Waals surface area contributed by atoms with E-state index in [-0.39, 0.29) is 19.0 Å². The number of aliphatic hydroxyl groups is 1. The molecule has 0 aromatic carbocycles. The second-order valence-corrected chi connectivity index (χ2v) is 7.48. The highest BCUT2D eigenvalue weighted by Crippen LogP contribution is 2.18. The first-order valence-corrected chi connectivity index (χ1v) is 9.95. The standard InChI is InChI=1S/C18H29N5O7/c1-10(24)15(21-16(27)11-4-2-6-22(11)13(25)8-19)17(28)20-9-14(26)23-7-3-5-12(23)18(29)30/h10-12,15,24H,2-9,19H2,1H3,(H,20,28)(H,21,27)(H,29,30)/t10-,11+,12+,15+/m1/s1. The Balaban J connectivity index is 1.94. The molecule has 12 nitrogen and oxygen atoms in total. The summed E-state index contributed by atoms with van der Waals surface area (Å²) in [7, 11) is 0. The Labute approximate surface area is 173 Å². The molecule has 2 aliphatic rings. The highest BCUT2D eigenvalue weighted by Gasteiger charge is 2.37. The summed E-state index contributed by atoms with van der Waals surface area (Å²) in [6.07, 6.45) is 0.673. The van der Waals surface area contributed by atoms with Gasteiger partial charge in [0, 0.05) is 13.1 Å². The number of carbonyl (C=O) groups is 5. The summed E-state index contributed by atoms with van der Waals surface area (Å²) in [5, 5.41) is 23.9. The Morgan fingerprint density at radius 2 is 1.60 bits per heavy atom. The lowest BCUT2D eigenvalue weighted by molar-refractivity contribution is -0.148. The molecule has 2 fully saturated rings. The van der Waals surface area contributed by atoms with Gasteiger partial charge in [0.25, 0.3) is 0 Å². The number of amides is 4. The van der Waals surface area contributed by atoms with Crippen LogP contribution < -0.4 is 16.4 Å². The van der Waals surface area contributed by atoms with Crippen LogP contribution in [-0.4, -0.2) is 100 Å². The number of hydrogen-bond donors (Lipinski definition) is 5. The zero-order valence-corrected chi connectivity index (χ0v) is 16.9. The maximum atomic E-state index is 12.6. The number of nitrogens with two attached hydrogens (primary N) is 1. The zero-order valence-electron chi connectivity index (χ0n) is 16.9. The van der Waals surface area contributed by atoms with E-state index in [0.717, 1.165) is 0 Å². The van der Waals surface area contributed by atoms with Gasteiger partial charge in [0.1, 0.15) is 18.1 Å². The van der Waals surface area contributed by atoms with Crippen LogP contribution in [0.25, 0.3) is 0 Å². The van der Waals surface area contributed by atoms with Crippen LogP contribution in [0.4, 0.5) is 0 Å². The molecule has 0 saturated carbocycles. The summed E-state index contributed by atoms with van der Waals surface area (Å²) in [4.78, 5) is 62.9. The summed E-state index contributed by atoms with van der Waals surface area (Å²) >= 11 is 0. The molecule has 0 bridgehead atoms. The number of carboxylic acid groups (broad SMARTS) is 1. The number of carboxylic acids is 1. The van der Waals surface area contributed by atoms with Crippen molar-refractivity contribution < 1.29 is 34.2 Å². The van der Waals surface area contributed by atoms with Crippen LogP contribution >= 0.6 is 0 Å². The molecule has 6 N–H and O–H groups in total. The lowest BCUT2D eigenvalue weighted by Crippen LogP contribution is -2.58. The van der Waals surface area contributed by atoms with Crippen molar-refractivity contribution in [1.82, 2.24) is 20.4 Å². The normalized spacial score (nSPS) is 23.0. The minimum Gasteiger partial charge on any atom is -0.480 e. The monoisotopic (exact) mass is 427 g/mol. The molecule has 0 unspecified atom stereocenters. The summed E-state index contributed by atoms with van der Waals surface area (Å²) in [6, 6.07) is -3.04. The van der Waals surface area contributed by atoms with Gasteiger partial charge in [-0.25, -0.2) is 4.79 Å². The fraction of sp³-hybridized carbons (Fsp3) is 0.722. The minimum absolute atomic E-state index is 0.236. The average Bonchev–Trinajstić information content (AvgIpc) is 3.38. The summed E-state index contributed by atoms with van der Waals surface area (Å²) in [5.41, 5.74) is 5.36. The molecule has 168 valence electrons. The van der Waals surface area contributed by atoms with Gasteiger partial charge in [-0.05, 0) is 32.6 Å². The number of aliphatic carboxylic acids is 1. The SMILES string of the molecule is C[C@@H](O)[C@H](NC(=O)[C@@H]1CCCN1C(=O)CN)C(=O)NCC(=O)N1CCC[C@H]1C(=O)O. The predicted octanol–water partition coefficient (Wildman–Crippen LogP) is -3.01. The Kier molecular flexibility index (Phi) is 8.12. The first-order valence-electron chi connectivity index (χ1n) is 9.95. The molecular weight excluding hydrogens is 398 g/mol. The van der Waals surface area contributed by atoms with E-state index >= 15 is 0 Å². The number of nitrogens with zero attached hydrogens (tertiary/aromatic N) is 2. The molecule has 4 amide bonds. The largest absolute Gasteiger partial charge is 0.480 e. The fourth-order valence-corrected chi connectivity index (χ4v) is 3.81. The van der Waals surface area contributed by atoms with Gasteiger partial charge in [0.15, 0.2) is 0 Å². The van der Waals surface area contributed by atoms with E-state index in [9.17, 15) is 29.1 Å². The third kappa shape index (κ3) is 5.45. The van der Waals surface area contributed by atoms with Crippen LogP contribution in [0.5, 0.6) is 0 Å². The first-order chi connectivity index (χ1) is 14.2. The van der Waals surface area contributed by atoms with Crippen molar-refractivity contribution in [2.24, 2.45) is 5.73 Å². The quantitative estimate of drug-likeness (QED) is 0.271. The molecule has 0 radical (unpaired) electrons. The van der Waals surface area contributed by atoms with E-state index in [4.69, 9.17) is 10.8 Å². The molecule has 0 spiro atoms. The summed E-state index contributed by atoms with van der Waals surface area (Å²) < 4.78 is 0. The van der Waals surface area contributed by atoms with E-state index in [1.165, 1.54) is 16.7 Å². The second-order valence-electron chi connectivity index (χ2n) is 7.48. The number of carbonyl (C=O) groups excluding carboxylic acids is 4. The van der Waals surface area contributed by atoms with Crippen molar-refractivity contribution >= 4 is 29.6 Å². The highest BCUT2D eigenvalue weighted by atomic mass is 16.4. The molecule has 0 aliphatic carbocycles. The molecule has 2 heterocycles. The van der Waals surface area contributed by atoms with Crippen molar-refractivity contribution in [1.29, 1.82) is 0 Å². The van der Waals surface area contributed by atoms with Crippen molar-refractivity contribution in [3.63, 3.8) is 0 Å². The van der Waals surface area contributed by atoms with Gasteiger partial charge in [0.05, 0.1) is 19.2 Å². The average molecular weight is 427 g/mol. The molecule has 30 heavy (non-hydrogen) atoms. The van der Waals surface area contributed by atoms with Gasteiger partial charge < -0.3 is 36.4 Å². The topological polar surface area (TPSA) is 182 Å². The van der Waals surface area contributed by atoms with Gasteiger partial charge >= 0.3 is 5.97 Å². The summed E-state index contributed by atoms with van der Waals surface area (Å²) in [5.74, 6) is -3.41. The van der Waals surface area contributed by atoms with Gasteiger partial charge in [-0.15, -0.1) is 0 Å². The van der Waals surface area contributed by atoms with Gasteiger partial charge in [-0.1, -0.05) is 0 Å². The molecule has 4 atom stereocenters. The second kappa shape index (κ2) is 10.3. The lowest BCUT2D eigenvalue weighted by Gasteiger charge is -2.27. The van der Waals surface area contributed by atoms with Crippen LogP contribution in [0.2, 0.25) is 0 Å². The van der Waals surface area contributed by atoms with Crippen LogP contribution in [0.1, 0.15) is 32.6 Å². The summed E-state index contributed by atoms with van der Waals surface area (Å²) in [6.45, 7) is 1.29. The zero-order chi connectivity index (χ0) is 22.4. The van der Waals surface area contributed by atoms with Crippen molar-refractivity contribution in [3.8, 4) is 0 Å². The number of hydrogen-bond acceptors (Lipinski definition) is 7. The lowest BCUT2D eigenvalue weighted by atomic mass is 10.1. The Bertz CT molecular complexity index is 698. The van der Waals surface area contributed by atoms with E-state index < -0.39 is 54.5 Å². The molecular formula is C18H29N5O7. The van der Waals surface area contributed by atoms with Crippen molar-refractivity contribution in [3.05, 3.63) is 0 Å². The van der Waals surface area contributed by atoms with Crippen LogP contribution in [-0.2, 0) is 24.0 Å². The van der Waals surface area contributed by atoms with E-state index in [1.807, 2.05) is 0 Å². The first kappa shape index (κ1) is 23.5. The molecule has 0 aromatic rings. The van der Waals surface area contributed by atoms with Crippen molar-refractivity contribution in [2.45, 2.75) is 56.8 Å². The van der Waals surface area contributed by atoms with E-state index in [0.29, 0.717) is 32.2 Å². The Hall–Kier alpha value is -2.73. The van der Waals surface area contributed by atoms with Gasteiger partial charge in [-0.2, -0.15) is 0 Å². The Morgan fingerprint density at radius 1 is 1.03 bits per heavy atom. The van der Waals surface area contributed by atoms with E-state index in [2.05, 4.69) is 10.6 Å². The Morgan fingerprint density at radius 3 is 2.13 bits per heavy atom. The smallest absolute Gasteiger partial charge is 0.326 e. The molecule has 2 rings (SSSR count). The maximum absolute atomic E-state index is 12.6. The number of rotatable bonds is 8. The number of aliphatic hydroxyl groups excluding tert-OH is 1. The number of nitrogens with one attached hydrogen (secondary N) is 2. The third-order valence-corrected chi connectivity index (χ3v) is 5.39. The van der Waals surface area contributed by atoms with Crippen molar-refractivity contribution in [2.75, 3.05) is 26.2 Å². The molecule has 2 aliphatic heterocycles. The predicted molar refractivity (Wildman–Crippen MR) is 103 cm³/mol. The van der Waals surface area contributed by atoms with Crippen LogP contribution in [0.3, 0.4) is 0 Å². The molecule has 2 saturated heterocycles. The minimum atomic E-state index is -1.34. The molecule has 0 aromatic heterocycles. The van der Waals surface area contributed by atoms with Crippen LogP contribution in [0, 0.1) is 0 Å².